The molecule has 3 rings (SSSR count). The van der Waals surface area contributed by atoms with Crippen molar-refractivity contribution in [3.05, 3.63) is 72.6 Å². The van der Waals surface area contributed by atoms with Crippen LogP contribution in [-0.2, 0) is 11.3 Å². The first-order valence-electron chi connectivity index (χ1n) is 7.43. The number of nitro groups is 1. The summed E-state index contributed by atoms with van der Waals surface area (Å²) in [5.41, 5.74) is 0.385. The molecule has 1 fully saturated rings. The van der Waals surface area contributed by atoms with E-state index >= 15 is 0 Å². The second-order valence-corrected chi connectivity index (χ2v) is 7.35. The second-order valence-electron chi connectivity index (χ2n) is 5.51. The zero-order valence-corrected chi connectivity index (χ0v) is 15.7. The number of carbonyl (C=O) groups is 2. The zero-order chi connectivity index (χ0) is 19.7. The van der Waals surface area contributed by atoms with Crippen LogP contribution in [0.1, 0.15) is 11.1 Å². The van der Waals surface area contributed by atoms with Crippen LogP contribution in [0.25, 0.3) is 6.08 Å². The Bertz CT molecular complexity index is 1010. The van der Waals surface area contributed by atoms with Gasteiger partial charge < -0.3 is 5.11 Å². The molecule has 2 amide bonds. The normalized spacial score (nSPS) is 15.6. The highest BCUT2D eigenvalue weighted by atomic mass is 35.5. The summed E-state index contributed by atoms with van der Waals surface area (Å²) in [5.74, 6) is -1.02. The molecule has 1 N–H and O–H groups in total. The number of halogens is 2. The number of aromatic hydroxyl groups is 1. The molecule has 0 aliphatic carbocycles. The van der Waals surface area contributed by atoms with Crippen LogP contribution >= 0.6 is 35.0 Å². The first kappa shape index (κ1) is 19.2. The van der Waals surface area contributed by atoms with Crippen molar-refractivity contribution in [2.24, 2.45) is 0 Å². The Morgan fingerprint density at radius 2 is 1.93 bits per heavy atom. The number of hydrogen-bond donors (Lipinski definition) is 1. The maximum absolute atomic E-state index is 12.6. The highest BCUT2D eigenvalue weighted by Gasteiger charge is 2.35. The van der Waals surface area contributed by atoms with E-state index in [1.54, 1.807) is 12.1 Å². The Balaban J connectivity index is 1.86. The smallest absolute Gasteiger partial charge is 0.311 e. The van der Waals surface area contributed by atoms with Crippen LogP contribution < -0.4 is 0 Å². The lowest BCUT2D eigenvalue weighted by atomic mass is 10.1. The summed E-state index contributed by atoms with van der Waals surface area (Å²) in [5, 5.41) is 20.7. The Kier molecular flexibility index (Phi) is 5.41. The van der Waals surface area contributed by atoms with E-state index in [0.29, 0.717) is 21.2 Å². The van der Waals surface area contributed by atoms with Crippen molar-refractivity contribution in [3.63, 3.8) is 0 Å². The lowest BCUT2D eigenvalue weighted by Gasteiger charge is -2.13. The predicted octanol–water partition coefficient (Wildman–Crippen LogP) is 4.84. The van der Waals surface area contributed by atoms with E-state index in [0.717, 1.165) is 28.8 Å². The lowest BCUT2D eigenvalue weighted by molar-refractivity contribution is -0.385. The molecule has 2 aromatic rings. The van der Waals surface area contributed by atoms with Gasteiger partial charge in [0.2, 0.25) is 0 Å². The first-order valence-corrected chi connectivity index (χ1v) is 9.00. The number of carbonyl (C=O) groups excluding carboxylic acids is 2. The molecule has 0 unspecified atom stereocenters. The number of amides is 2. The molecule has 10 heteroatoms. The van der Waals surface area contributed by atoms with Crippen LogP contribution in [0, 0.1) is 10.1 Å². The van der Waals surface area contributed by atoms with Gasteiger partial charge in [-0.25, -0.2) is 0 Å². The van der Waals surface area contributed by atoms with E-state index in [2.05, 4.69) is 0 Å². The molecule has 7 nitrogen and oxygen atoms in total. The molecule has 27 heavy (non-hydrogen) atoms. The molecule has 0 saturated carbocycles. The van der Waals surface area contributed by atoms with Gasteiger partial charge in [-0.2, -0.15) is 0 Å². The summed E-state index contributed by atoms with van der Waals surface area (Å²) in [6.45, 7) is -0.0201. The second kappa shape index (κ2) is 7.59. The van der Waals surface area contributed by atoms with Gasteiger partial charge >= 0.3 is 5.69 Å². The van der Waals surface area contributed by atoms with Gasteiger partial charge in [-0.15, -0.1) is 0 Å². The molecule has 1 heterocycles. The van der Waals surface area contributed by atoms with Crippen molar-refractivity contribution in [2.75, 3.05) is 0 Å². The van der Waals surface area contributed by atoms with E-state index < -0.39 is 27.5 Å². The number of nitro benzene ring substituents is 1. The molecule has 0 aromatic heterocycles. The van der Waals surface area contributed by atoms with Crippen molar-refractivity contribution >= 4 is 57.9 Å². The summed E-state index contributed by atoms with van der Waals surface area (Å²) >= 11 is 12.6. The Morgan fingerprint density at radius 1 is 1.19 bits per heavy atom. The maximum atomic E-state index is 12.6. The van der Waals surface area contributed by atoms with Gasteiger partial charge in [-0.1, -0.05) is 35.3 Å². The predicted molar refractivity (Wildman–Crippen MR) is 103 cm³/mol. The monoisotopic (exact) mass is 424 g/mol. The fraction of sp³-hybridized carbons (Fsp3) is 0.0588. The van der Waals surface area contributed by atoms with Gasteiger partial charge in [-0.05, 0) is 47.2 Å². The van der Waals surface area contributed by atoms with E-state index in [-0.39, 0.29) is 11.4 Å². The summed E-state index contributed by atoms with van der Waals surface area (Å²) in [6.07, 6.45) is 1.36. The number of hydrogen-bond acceptors (Lipinski definition) is 6. The molecule has 1 aliphatic heterocycles. The molecule has 2 aromatic carbocycles. The summed E-state index contributed by atoms with van der Waals surface area (Å²) in [7, 11) is 0. The summed E-state index contributed by atoms with van der Waals surface area (Å²) < 4.78 is 0. The van der Waals surface area contributed by atoms with E-state index in [1.807, 2.05) is 0 Å². The summed E-state index contributed by atoms with van der Waals surface area (Å²) in [6, 6.07) is 8.44. The number of phenolic OH excluding ortho intramolecular Hbond substituents is 1. The van der Waals surface area contributed by atoms with Crippen LogP contribution in [0.5, 0.6) is 5.75 Å². The van der Waals surface area contributed by atoms with Crippen molar-refractivity contribution in [1.29, 1.82) is 0 Å². The quantitative estimate of drug-likeness (QED) is 0.427. The lowest BCUT2D eigenvalue weighted by Crippen LogP contribution is -2.27. The molecule has 1 aliphatic rings. The average molecular weight is 425 g/mol. The van der Waals surface area contributed by atoms with Gasteiger partial charge in [-0.3, -0.25) is 24.6 Å². The third kappa shape index (κ3) is 4.08. The van der Waals surface area contributed by atoms with Gasteiger partial charge in [0.15, 0.2) is 5.75 Å². The number of imide groups is 1. The highest BCUT2D eigenvalue weighted by Crippen LogP contribution is 2.35. The maximum Gasteiger partial charge on any atom is 0.311 e. The topological polar surface area (TPSA) is 101 Å². The molecule has 0 atom stereocenters. The third-order valence-corrected chi connectivity index (χ3v) is 5.21. The average Bonchev–Trinajstić information content (AvgIpc) is 2.86. The van der Waals surface area contributed by atoms with Gasteiger partial charge in [0.1, 0.15) is 0 Å². The van der Waals surface area contributed by atoms with Gasteiger partial charge in [0.25, 0.3) is 11.1 Å². The van der Waals surface area contributed by atoms with E-state index in [1.165, 1.54) is 18.2 Å². The number of phenols is 1. The molecule has 1 saturated heterocycles. The van der Waals surface area contributed by atoms with E-state index in [9.17, 15) is 24.8 Å². The molecule has 0 radical (unpaired) electrons. The minimum absolute atomic E-state index is 0.0201. The molecule has 0 spiro atoms. The van der Waals surface area contributed by atoms with Crippen LogP contribution in [0.3, 0.4) is 0 Å². The number of nitrogens with zero attached hydrogens (tertiary/aromatic N) is 2. The summed E-state index contributed by atoms with van der Waals surface area (Å²) in [4.78, 5) is 36.1. The van der Waals surface area contributed by atoms with Crippen LogP contribution in [0.4, 0.5) is 10.5 Å². The van der Waals surface area contributed by atoms with Crippen molar-refractivity contribution < 1.29 is 19.6 Å². The number of benzene rings is 2. The van der Waals surface area contributed by atoms with Gasteiger partial charge in [0, 0.05) is 16.1 Å². The zero-order valence-electron chi connectivity index (χ0n) is 13.4. The Morgan fingerprint density at radius 3 is 2.59 bits per heavy atom. The number of thioether (sulfide) groups is 1. The highest BCUT2D eigenvalue weighted by molar-refractivity contribution is 8.18. The standard InChI is InChI=1S/C17H10Cl2N2O5S/c18-11-3-2-10(12(19)7-11)8-20-16(23)15(27-17(20)24)6-9-1-4-14(22)13(5-9)21(25)26/h1-7,22H,8H2/b15-6-. The van der Waals surface area contributed by atoms with Crippen molar-refractivity contribution in [1.82, 2.24) is 4.90 Å². The molecular formula is C17H10Cl2N2O5S. The minimum atomic E-state index is -0.735. The van der Waals surface area contributed by atoms with Crippen LogP contribution in [0.15, 0.2) is 41.3 Å². The SMILES string of the molecule is O=C1S/C(=C\c2ccc(O)c([N+](=O)[O-])c2)C(=O)N1Cc1ccc(Cl)cc1Cl. The van der Waals surface area contributed by atoms with Crippen molar-refractivity contribution in [3.8, 4) is 5.75 Å². The third-order valence-electron chi connectivity index (χ3n) is 3.71. The van der Waals surface area contributed by atoms with Crippen LogP contribution in [-0.4, -0.2) is 26.1 Å². The Hall–Kier alpha value is -2.55. The first-order chi connectivity index (χ1) is 12.8. The Labute approximate surface area is 167 Å². The largest absolute Gasteiger partial charge is 0.502 e. The van der Waals surface area contributed by atoms with Gasteiger partial charge in [0.05, 0.1) is 16.4 Å². The fourth-order valence-corrected chi connectivity index (χ4v) is 3.69. The molecule has 138 valence electrons. The molecular weight excluding hydrogens is 415 g/mol. The minimum Gasteiger partial charge on any atom is -0.502 e. The molecule has 0 bridgehead atoms. The van der Waals surface area contributed by atoms with Crippen molar-refractivity contribution in [2.45, 2.75) is 6.54 Å². The fourth-order valence-electron chi connectivity index (χ4n) is 2.38. The van der Waals surface area contributed by atoms with Crippen LogP contribution in [0.2, 0.25) is 10.0 Å². The van der Waals surface area contributed by atoms with E-state index in [4.69, 9.17) is 23.2 Å². The number of rotatable bonds is 4.